The Labute approximate surface area is 123 Å². The Kier molecular flexibility index (Phi) is 4.32. The smallest absolute Gasteiger partial charge is 0.269 e. The van der Waals surface area contributed by atoms with Gasteiger partial charge in [0.2, 0.25) is 0 Å². The van der Waals surface area contributed by atoms with Crippen LogP contribution in [0.5, 0.6) is 0 Å². The van der Waals surface area contributed by atoms with E-state index in [4.69, 9.17) is 10.5 Å². The second kappa shape index (κ2) is 6.17. The second-order valence-corrected chi connectivity index (χ2v) is 5.15. The molecular formula is C15H10FN3OS. The number of hydrogen-bond donors (Lipinski definition) is 0. The number of nitriles is 2. The summed E-state index contributed by atoms with van der Waals surface area (Å²) in [6.07, 6.45) is 1.55. The molecule has 0 saturated carbocycles. The van der Waals surface area contributed by atoms with E-state index >= 15 is 0 Å². The molecular weight excluding hydrogens is 289 g/mol. The molecule has 0 bridgehead atoms. The van der Waals surface area contributed by atoms with E-state index in [0.29, 0.717) is 21.3 Å². The molecule has 0 N–H and O–H groups in total. The average molecular weight is 299 g/mol. The van der Waals surface area contributed by atoms with E-state index in [1.165, 1.54) is 16.7 Å². The van der Waals surface area contributed by atoms with Crippen LogP contribution in [0, 0.1) is 28.5 Å². The van der Waals surface area contributed by atoms with Gasteiger partial charge in [0.05, 0.1) is 4.53 Å². The summed E-state index contributed by atoms with van der Waals surface area (Å²) in [5, 5.41) is 17.9. The first-order chi connectivity index (χ1) is 10.1. The summed E-state index contributed by atoms with van der Waals surface area (Å²) in [4.78, 5) is 12.3. The monoisotopic (exact) mass is 299 g/mol. The molecule has 0 aliphatic carbocycles. The first-order valence-corrected chi connectivity index (χ1v) is 6.93. The molecule has 1 heterocycles. The summed E-state index contributed by atoms with van der Waals surface area (Å²) >= 11 is 1.06. The molecule has 1 aromatic carbocycles. The summed E-state index contributed by atoms with van der Waals surface area (Å²) in [6, 6.07) is 9.44. The van der Waals surface area contributed by atoms with Crippen molar-refractivity contribution in [3.63, 3.8) is 0 Å². The lowest BCUT2D eigenvalue weighted by atomic mass is 10.2. The van der Waals surface area contributed by atoms with Crippen molar-refractivity contribution in [1.82, 2.24) is 4.57 Å². The van der Waals surface area contributed by atoms with Gasteiger partial charge in [0.25, 0.3) is 5.56 Å². The maximum Gasteiger partial charge on any atom is 0.269 e. The number of thiazole rings is 1. The summed E-state index contributed by atoms with van der Waals surface area (Å²) in [5.74, 6) is -0.391. The number of aromatic nitrogens is 1. The Morgan fingerprint density at radius 3 is 2.71 bits per heavy atom. The van der Waals surface area contributed by atoms with Gasteiger partial charge >= 0.3 is 0 Å². The van der Waals surface area contributed by atoms with Crippen molar-refractivity contribution in [1.29, 1.82) is 10.5 Å². The molecule has 0 spiro atoms. The highest BCUT2D eigenvalue weighted by Gasteiger charge is 2.07. The fraction of sp³-hybridized carbons (Fsp3) is 0.133. The van der Waals surface area contributed by atoms with Gasteiger partial charge in [-0.05, 0) is 30.7 Å². The Hall–Kier alpha value is -2.70. The first kappa shape index (κ1) is 14.7. The number of halogens is 1. The van der Waals surface area contributed by atoms with Gasteiger partial charge in [0.1, 0.15) is 22.6 Å². The van der Waals surface area contributed by atoms with Gasteiger partial charge < -0.3 is 0 Å². The van der Waals surface area contributed by atoms with Crippen LogP contribution in [0.15, 0.2) is 29.1 Å². The van der Waals surface area contributed by atoms with Crippen LogP contribution in [0.1, 0.15) is 12.5 Å². The summed E-state index contributed by atoms with van der Waals surface area (Å²) in [7, 11) is 0. The lowest BCUT2D eigenvalue weighted by Crippen LogP contribution is -2.31. The van der Waals surface area contributed by atoms with Crippen molar-refractivity contribution in [2.45, 2.75) is 13.5 Å². The van der Waals surface area contributed by atoms with E-state index in [9.17, 15) is 9.18 Å². The molecule has 0 radical (unpaired) electrons. The number of benzene rings is 1. The summed E-state index contributed by atoms with van der Waals surface area (Å²) in [5.41, 5.74) is 0.168. The van der Waals surface area contributed by atoms with E-state index < -0.39 is 5.82 Å². The van der Waals surface area contributed by atoms with Crippen LogP contribution in [0.25, 0.3) is 11.6 Å². The van der Waals surface area contributed by atoms with E-state index in [2.05, 4.69) is 0 Å². The predicted molar refractivity (Wildman–Crippen MR) is 78.1 cm³/mol. The molecule has 21 heavy (non-hydrogen) atoms. The molecule has 2 rings (SSSR count). The molecule has 6 heteroatoms. The van der Waals surface area contributed by atoms with Crippen molar-refractivity contribution in [2.24, 2.45) is 0 Å². The highest BCUT2D eigenvalue weighted by molar-refractivity contribution is 7.07. The predicted octanol–water partition coefficient (Wildman–Crippen LogP) is 1.10. The Morgan fingerprint density at radius 2 is 2.14 bits per heavy atom. The summed E-state index contributed by atoms with van der Waals surface area (Å²) in [6.45, 7) is 2.12. The van der Waals surface area contributed by atoms with Gasteiger partial charge in [0, 0.05) is 6.54 Å². The molecule has 104 valence electrons. The largest absolute Gasteiger partial charge is 0.298 e. The minimum Gasteiger partial charge on any atom is -0.298 e. The minimum atomic E-state index is -0.391. The fourth-order valence-corrected chi connectivity index (χ4v) is 2.98. The zero-order valence-corrected chi connectivity index (χ0v) is 11.9. The molecule has 0 amide bonds. The van der Waals surface area contributed by atoms with Crippen LogP contribution >= 0.6 is 11.3 Å². The zero-order valence-electron chi connectivity index (χ0n) is 11.1. The van der Waals surface area contributed by atoms with E-state index in [1.54, 1.807) is 37.3 Å². The van der Waals surface area contributed by atoms with Gasteiger partial charge in [0.15, 0.2) is 5.57 Å². The third-order valence-corrected chi connectivity index (χ3v) is 3.94. The van der Waals surface area contributed by atoms with Crippen LogP contribution in [0.3, 0.4) is 0 Å². The Morgan fingerprint density at radius 1 is 1.43 bits per heavy atom. The maximum absolute atomic E-state index is 13.2. The van der Waals surface area contributed by atoms with Gasteiger partial charge in [-0.1, -0.05) is 12.1 Å². The molecule has 0 unspecified atom stereocenters. The van der Waals surface area contributed by atoms with Crippen molar-refractivity contribution >= 4 is 23.0 Å². The van der Waals surface area contributed by atoms with Crippen LogP contribution in [-0.2, 0) is 6.54 Å². The molecule has 0 fully saturated rings. The summed E-state index contributed by atoms with van der Waals surface area (Å²) < 4.78 is 15.2. The second-order valence-electron chi connectivity index (χ2n) is 4.12. The van der Waals surface area contributed by atoms with E-state index in [0.717, 1.165) is 11.3 Å². The van der Waals surface area contributed by atoms with Crippen LogP contribution < -0.4 is 14.8 Å². The first-order valence-electron chi connectivity index (χ1n) is 6.12. The third-order valence-electron chi connectivity index (χ3n) is 2.81. The maximum atomic E-state index is 13.2. The standard InChI is InChI=1S/C15H10FN3OS/c1-2-19-14(20)13(21-15(19)11(8-17)9-18)7-10-4-3-5-12(16)6-10/h3-7H,2H2,1H3/b13-7-. The molecule has 0 saturated heterocycles. The number of hydrogen-bond acceptors (Lipinski definition) is 4. The molecule has 1 aromatic heterocycles. The molecule has 4 nitrogen and oxygen atoms in total. The lowest BCUT2D eigenvalue weighted by molar-refractivity contribution is 0.627. The van der Waals surface area contributed by atoms with Gasteiger partial charge in [-0.3, -0.25) is 9.36 Å². The van der Waals surface area contributed by atoms with Crippen molar-refractivity contribution in [3.8, 4) is 12.1 Å². The zero-order chi connectivity index (χ0) is 15.4. The highest BCUT2D eigenvalue weighted by atomic mass is 32.1. The van der Waals surface area contributed by atoms with Crippen molar-refractivity contribution in [3.05, 3.63) is 55.2 Å². The number of nitrogens with zero attached hydrogens (tertiary/aromatic N) is 3. The van der Waals surface area contributed by atoms with Gasteiger partial charge in [-0.25, -0.2) is 4.39 Å². The average Bonchev–Trinajstić information content (AvgIpc) is 2.77. The Bertz CT molecular complexity index is 925. The van der Waals surface area contributed by atoms with E-state index in [1.807, 2.05) is 0 Å². The van der Waals surface area contributed by atoms with Crippen molar-refractivity contribution < 1.29 is 4.39 Å². The molecule has 0 aliphatic rings. The van der Waals surface area contributed by atoms with Crippen molar-refractivity contribution in [2.75, 3.05) is 0 Å². The topological polar surface area (TPSA) is 69.6 Å². The Balaban J connectivity index is 2.81. The normalized spacial score (nSPS) is 11.0. The van der Waals surface area contributed by atoms with Crippen LogP contribution in [0.4, 0.5) is 4.39 Å². The lowest BCUT2D eigenvalue weighted by Gasteiger charge is -1.93. The minimum absolute atomic E-state index is 0.0992. The third kappa shape index (κ3) is 2.91. The van der Waals surface area contributed by atoms with Gasteiger partial charge in [-0.2, -0.15) is 10.5 Å². The van der Waals surface area contributed by atoms with E-state index in [-0.39, 0.29) is 11.1 Å². The van der Waals surface area contributed by atoms with Gasteiger partial charge in [-0.15, -0.1) is 11.3 Å². The molecule has 0 aliphatic heterocycles. The van der Waals surface area contributed by atoms with Crippen LogP contribution in [0.2, 0.25) is 0 Å². The number of rotatable bonds is 2. The fourth-order valence-electron chi connectivity index (χ4n) is 1.86. The van der Waals surface area contributed by atoms with Crippen LogP contribution in [-0.4, -0.2) is 4.57 Å². The SMILES string of the molecule is CCn1c(=C(C#N)C#N)s/c(=C\c2cccc(F)c2)c1=O. The highest BCUT2D eigenvalue weighted by Crippen LogP contribution is 2.03. The molecule has 0 atom stereocenters. The quantitative estimate of drug-likeness (QED) is 0.833. The molecule has 2 aromatic rings.